The molecule has 1 saturated carbocycles. The van der Waals surface area contributed by atoms with E-state index in [9.17, 15) is 4.79 Å². The summed E-state index contributed by atoms with van der Waals surface area (Å²) in [6.45, 7) is 6.09. The quantitative estimate of drug-likeness (QED) is 0.703. The first kappa shape index (κ1) is 8.60. The standard InChI is InChI=1S/C10H16N2O/c1-10(2,3)12-9(13)6-8(11-12)7-4-5-7/h6-7,11H,4-5H2,1-3H3. The highest BCUT2D eigenvalue weighted by Gasteiger charge is 2.27. The van der Waals surface area contributed by atoms with Crippen molar-refractivity contribution in [3.05, 3.63) is 22.1 Å². The molecule has 1 aromatic heterocycles. The Labute approximate surface area is 77.7 Å². The molecule has 1 heterocycles. The number of nitrogens with zero attached hydrogens (tertiary/aromatic N) is 1. The molecule has 3 heteroatoms. The zero-order chi connectivity index (χ0) is 9.64. The van der Waals surface area contributed by atoms with Gasteiger partial charge in [-0.05, 0) is 33.6 Å². The van der Waals surface area contributed by atoms with Gasteiger partial charge in [0, 0.05) is 17.7 Å². The molecule has 13 heavy (non-hydrogen) atoms. The monoisotopic (exact) mass is 180 g/mol. The first-order chi connectivity index (χ1) is 5.98. The van der Waals surface area contributed by atoms with Crippen molar-refractivity contribution >= 4 is 0 Å². The normalized spacial score (nSPS) is 17.8. The van der Waals surface area contributed by atoms with Crippen LogP contribution in [0.3, 0.4) is 0 Å². The second kappa shape index (κ2) is 2.50. The van der Waals surface area contributed by atoms with Crippen LogP contribution in [0.5, 0.6) is 0 Å². The Kier molecular flexibility index (Phi) is 1.65. The maximum atomic E-state index is 11.6. The number of H-pyrrole nitrogens is 1. The summed E-state index contributed by atoms with van der Waals surface area (Å²) in [4.78, 5) is 11.6. The Morgan fingerprint density at radius 2 is 2.08 bits per heavy atom. The Morgan fingerprint density at radius 3 is 2.46 bits per heavy atom. The second-order valence-electron chi connectivity index (χ2n) is 4.83. The molecule has 0 amide bonds. The van der Waals surface area contributed by atoms with Gasteiger partial charge in [-0.1, -0.05) is 0 Å². The summed E-state index contributed by atoms with van der Waals surface area (Å²) in [5.74, 6) is 0.622. The van der Waals surface area contributed by atoms with E-state index >= 15 is 0 Å². The van der Waals surface area contributed by atoms with E-state index in [1.165, 1.54) is 12.8 Å². The molecule has 0 aliphatic heterocycles. The molecule has 0 unspecified atom stereocenters. The Hall–Kier alpha value is -0.990. The van der Waals surface area contributed by atoms with Gasteiger partial charge < -0.3 is 0 Å². The summed E-state index contributed by atoms with van der Waals surface area (Å²) in [6.07, 6.45) is 2.45. The third kappa shape index (κ3) is 1.55. The van der Waals surface area contributed by atoms with E-state index in [0.717, 1.165) is 5.69 Å². The zero-order valence-corrected chi connectivity index (χ0v) is 8.42. The van der Waals surface area contributed by atoms with E-state index in [1.807, 2.05) is 20.8 Å². The van der Waals surface area contributed by atoms with E-state index in [-0.39, 0.29) is 11.1 Å². The highest BCUT2D eigenvalue weighted by molar-refractivity contribution is 5.13. The van der Waals surface area contributed by atoms with Crippen molar-refractivity contribution in [3.63, 3.8) is 0 Å². The first-order valence-corrected chi connectivity index (χ1v) is 4.81. The van der Waals surface area contributed by atoms with E-state index in [1.54, 1.807) is 10.7 Å². The van der Waals surface area contributed by atoms with Crippen LogP contribution in [0.4, 0.5) is 0 Å². The first-order valence-electron chi connectivity index (χ1n) is 4.81. The van der Waals surface area contributed by atoms with Crippen molar-refractivity contribution in [1.29, 1.82) is 0 Å². The molecule has 1 N–H and O–H groups in total. The minimum Gasteiger partial charge on any atom is -0.299 e. The van der Waals surface area contributed by atoms with Gasteiger partial charge in [0.25, 0.3) is 5.56 Å². The minimum atomic E-state index is -0.135. The van der Waals surface area contributed by atoms with Gasteiger partial charge in [0.15, 0.2) is 0 Å². The summed E-state index contributed by atoms with van der Waals surface area (Å²) < 4.78 is 1.71. The zero-order valence-electron chi connectivity index (χ0n) is 8.42. The lowest BCUT2D eigenvalue weighted by molar-refractivity contribution is 0.343. The van der Waals surface area contributed by atoms with Crippen LogP contribution < -0.4 is 5.56 Å². The minimum absolute atomic E-state index is 0.0920. The fourth-order valence-electron chi connectivity index (χ4n) is 1.52. The van der Waals surface area contributed by atoms with Crippen molar-refractivity contribution in [2.24, 2.45) is 0 Å². The maximum absolute atomic E-state index is 11.6. The molecule has 1 fully saturated rings. The van der Waals surface area contributed by atoms with Gasteiger partial charge in [-0.3, -0.25) is 9.89 Å². The third-order valence-electron chi connectivity index (χ3n) is 2.43. The number of hydrogen-bond donors (Lipinski definition) is 1. The Bertz CT molecular complexity index is 363. The van der Waals surface area contributed by atoms with Gasteiger partial charge in [0.1, 0.15) is 0 Å². The van der Waals surface area contributed by atoms with Gasteiger partial charge in [-0.25, -0.2) is 4.68 Å². The summed E-state index contributed by atoms with van der Waals surface area (Å²) in [6, 6.07) is 1.74. The number of hydrogen-bond acceptors (Lipinski definition) is 1. The van der Waals surface area contributed by atoms with Crippen molar-refractivity contribution in [2.75, 3.05) is 0 Å². The molecule has 2 rings (SSSR count). The average molecular weight is 180 g/mol. The second-order valence-corrected chi connectivity index (χ2v) is 4.83. The smallest absolute Gasteiger partial charge is 0.267 e. The van der Waals surface area contributed by atoms with Crippen molar-refractivity contribution in [3.8, 4) is 0 Å². The van der Waals surface area contributed by atoms with E-state index < -0.39 is 0 Å². The molecule has 0 bridgehead atoms. The maximum Gasteiger partial charge on any atom is 0.267 e. The molecule has 1 aliphatic carbocycles. The van der Waals surface area contributed by atoms with E-state index in [0.29, 0.717) is 5.92 Å². The lowest BCUT2D eigenvalue weighted by atomic mass is 10.1. The van der Waals surface area contributed by atoms with Gasteiger partial charge in [0.05, 0.1) is 5.54 Å². The molecule has 0 spiro atoms. The SMILES string of the molecule is CC(C)(C)n1[nH]c(C2CC2)cc1=O. The van der Waals surface area contributed by atoms with Crippen LogP contribution in [0.2, 0.25) is 0 Å². The predicted molar refractivity (Wildman–Crippen MR) is 52.0 cm³/mol. The molecule has 1 aromatic rings. The molecule has 3 nitrogen and oxygen atoms in total. The van der Waals surface area contributed by atoms with Crippen LogP contribution in [0.15, 0.2) is 10.9 Å². The molecule has 0 aromatic carbocycles. The predicted octanol–water partition coefficient (Wildman–Crippen LogP) is 1.81. The van der Waals surface area contributed by atoms with Gasteiger partial charge in [-0.2, -0.15) is 0 Å². The molecule has 0 saturated heterocycles. The lowest BCUT2D eigenvalue weighted by Gasteiger charge is -2.19. The van der Waals surface area contributed by atoms with Crippen LogP contribution in [0, 0.1) is 0 Å². The van der Waals surface area contributed by atoms with E-state index in [4.69, 9.17) is 0 Å². The fraction of sp³-hybridized carbons (Fsp3) is 0.700. The number of aromatic nitrogens is 2. The number of aromatic amines is 1. The third-order valence-corrected chi connectivity index (χ3v) is 2.43. The molecule has 0 radical (unpaired) electrons. The van der Waals surface area contributed by atoms with Crippen LogP contribution in [0.25, 0.3) is 0 Å². The van der Waals surface area contributed by atoms with Crippen molar-refractivity contribution in [2.45, 2.75) is 45.1 Å². The molecular weight excluding hydrogens is 164 g/mol. The molecule has 0 atom stereocenters. The molecule has 72 valence electrons. The summed E-state index contributed by atoms with van der Waals surface area (Å²) in [5.41, 5.74) is 1.07. The van der Waals surface area contributed by atoms with Crippen LogP contribution in [-0.2, 0) is 5.54 Å². The summed E-state index contributed by atoms with van der Waals surface area (Å²) in [7, 11) is 0. The van der Waals surface area contributed by atoms with Crippen LogP contribution >= 0.6 is 0 Å². The molecular formula is C10H16N2O. The fourth-order valence-corrected chi connectivity index (χ4v) is 1.52. The van der Waals surface area contributed by atoms with E-state index in [2.05, 4.69) is 5.10 Å². The molecule has 1 aliphatic rings. The Morgan fingerprint density at radius 1 is 1.46 bits per heavy atom. The van der Waals surface area contributed by atoms with Crippen molar-refractivity contribution < 1.29 is 0 Å². The summed E-state index contributed by atoms with van der Waals surface area (Å²) >= 11 is 0. The topological polar surface area (TPSA) is 37.8 Å². The van der Waals surface area contributed by atoms with Crippen LogP contribution in [0.1, 0.15) is 45.2 Å². The van der Waals surface area contributed by atoms with Gasteiger partial charge in [0.2, 0.25) is 0 Å². The van der Waals surface area contributed by atoms with Crippen molar-refractivity contribution in [1.82, 2.24) is 9.78 Å². The summed E-state index contributed by atoms with van der Waals surface area (Å²) in [5, 5.41) is 3.19. The number of rotatable bonds is 1. The number of nitrogens with one attached hydrogen (secondary N) is 1. The van der Waals surface area contributed by atoms with Gasteiger partial charge in [-0.15, -0.1) is 0 Å². The average Bonchev–Trinajstić information content (AvgIpc) is 2.73. The van der Waals surface area contributed by atoms with Gasteiger partial charge >= 0.3 is 0 Å². The Balaban J connectivity index is 2.41. The largest absolute Gasteiger partial charge is 0.299 e. The highest BCUT2D eigenvalue weighted by Crippen LogP contribution is 2.38. The lowest BCUT2D eigenvalue weighted by Crippen LogP contribution is -2.32. The van der Waals surface area contributed by atoms with Crippen LogP contribution in [-0.4, -0.2) is 9.78 Å². The highest BCUT2D eigenvalue weighted by atomic mass is 16.1.